The normalized spacial score (nSPS) is 20.0. The van der Waals surface area contributed by atoms with Crippen molar-refractivity contribution in [3.63, 3.8) is 0 Å². The van der Waals surface area contributed by atoms with E-state index in [0.717, 1.165) is 6.26 Å². The molecule has 0 spiro atoms. The molecule has 1 unspecified atom stereocenters. The number of nitrogens with zero attached hydrogens (tertiary/aromatic N) is 1. The molecule has 1 heterocycles. The summed E-state index contributed by atoms with van der Waals surface area (Å²) in [5.41, 5.74) is 0.653. The summed E-state index contributed by atoms with van der Waals surface area (Å²) in [5, 5.41) is 12.4. The van der Waals surface area contributed by atoms with Gasteiger partial charge in [0.25, 0.3) is 5.69 Å². The summed E-state index contributed by atoms with van der Waals surface area (Å²) in [6, 6.07) is 6.48. The van der Waals surface area contributed by atoms with E-state index in [1.54, 1.807) is 18.2 Å². The van der Waals surface area contributed by atoms with Crippen LogP contribution >= 0.6 is 46.4 Å². The number of alkyl halides is 1. The molecule has 0 radical (unpaired) electrons. The quantitative estimate of drug-likeness (QED) is 0.319. The third-order valence-electron chi connectivity index (χ3n) is 2.97. The fourth-order valence-electron chi connectivity index (χ4n) is 1.70. The van der Waals surface area contributed by atoms with Crippen LogP contribution in [-0.2, 0) is 9.84 Å². The van der Waals surface area contributed by atoms with E-state index in [1.165, 1.54) is 18.3 Å². The molecule has 1 N–H and O–H groups in total. The number of halogens is 4. The standard InChI is InChI=1S/C8H7NO2.C6H5Cl4NO2S/c1-2-7-5-3-4-6-8(7)9(10)11;1-14(12,13)6(10)3(7)2-11-5(9)4(6)8/h2-6H,1H2;2,11H,1H3. The topological polar surface area (TPSA) is 89.3 Å². The van der Waals surface area contributed by atoms with Crippen molar-refractivity contribution in [1.29, 1.82) is 0 Å². The third kappa shape index (κ3) is 4.68. The second-order valence-corrected chi connectivity index (χ2v) is 8.76. The van der Waals surface area contributed by atoms with Gasteiger partial charge in [0, 0.05) is 18.5 Å². The molecule has 0 amide bonds. The van der Waals surface area contributed by atoms with Crippen molar-refractivity contribution >= 4 is 68.0 Å². The van der Waals surface area contributed by atoms with Crippen molar-refractivity contribution in [1.82, 2.24) is 5.32 Å². The van der Waals surface area contributed by atoms with Crippen molar-refractivity contribution in [2.75, 3.05) is 6.26 Å². The minimum Gasteiger partial charge on any atom is -0.350 e. The van der Waals surface area contributed by atoms with E-state index in [9.17, 15) is 18.5 Å². The van der Waals surface area contributed by atoms with Crippen molar-refractivity contribution < 1.29 is 13.3 Å². The van der Waals surface area contributed by atoms with Gasteiger partial charge in [-0.25, -0.2) is 8.42 Å². The van der Waals surface area contributed by atoms with Crippen LogP contribution in [0, 0.1) is 10.1 Å². The van der Waals surface area contributed by atoms with Crippen LogP contribution in [0.5, 0.6) is 0 Å². The molecule has 2 rings (SSSR count). The van der Waals surface area contributed by atoms with Crippen LogP contribution in [0.25, 0.3) is 6.08 Å². The van der Waals surface area contributed by atoms with Gasteiger partial charge in [-0.15, -0.1) is 0 Å². The SMILES string of the molecule is C=Cc1ccccc1[N+](=O)[O-].CS(=O)(=O)C1(Cl)C(Cl)=CNC(Cl)=C1Cl. The summed E-state index contributed by atoms with van der Waals surface area (Å²) in [5.74, 6) is 0. The molecule has 1 atom stereocenters. The van der Waals surface area contributed by atoms with Crippen LogP contribution in [0.1, 0.15) is 5.56 Å². The fraction of sp³-hybridized carbons (Fsp3) is 0.143. The van der Waals surface area contributed by atoms with E-state index in [-0.39, 0.29) is 20.9 Å². The maximum atomic E-state index is 11.4. The first-order chi connectivity index (χ1) is 11.5. The van der Waals surface area contributed by atoms with Gasteiger partial charge in [-0.2, -0.15) is 0 Å². The molecule has 25 heavy (non-hydrogen) atoms. The van der Waals surface area contributed by atoms with E-state index in [2.05, 4.69) is 11.9 Å². The summed E-state index contributed by atoms with van der Waals surface area (Å²) >= 11 is 22.8. The van der Waals surface area contributed by atoms with E-state index >= 15 is 0 Å². The van der Waals surface area contributed by atoms with Crippen LogP contribution < -0.4 is 5.32 Å². The van der Waals surface area contributed by atoms with Gasteiger partial charge in [0.05, 0.1) is 20.6 Å². The number of hydrogen-bond donors (Lipinski definition) is 1. The summed E-state index contributed by atoms with van der Waals surface area (Å²) in [7, 11) is -3.71. The molecule has 1 aromatic carbocycles. The van der Waals surface area contributed by atoms with Gasteiger partial charge in [0.15, 0.2) is 9.84 Å². The lowest BCUT2D eigenvalue weighted by Crippen LogP contribution is -2.37. The first-order valence-corrected chi connectivity index (χ1v) is 9.80. The Morgan fingerprint density at radius 1 is 1.28 bits per heavy atom. The molecular formula is C14H12Cl4N2O4S. The van der Waals surface area contributed by atoms with E-state index < -0.39 is 19.0 Å². The first kappa shape index (κ1) is 21.8. The van der Waals surface area contributed by atoms with Gasteiger partial charge in [0.1, 0.15) is 5.16 Å². The van der Waals surface area contributed by atoms with Gasteiger partial charge < -0.3 is 5.32 Å². The lowest BCUT2D eigenvalue weighted by Gasteiger charge is -2.28. The number of nitro benzene ring substituents is 1. The van der Waals surface area contributed by atoms with Crippen molar-refractivity contribution in [3.8, 4) is 0 Å². The van der Waals surface area contributed by atoms with Crippen molar-refractivity contribution in [3.05, 3.63) is 67.9 Å². The predicted octanol–water partition coefficient (Wildman–Crippen LogP) is 4.53. The maximum absolute atomic E-state index is 11.4. The molecule has 0 fully saturated rings. The van der Waals surface area contributed by atoms with Crippen LogP contribution in [0.4, 0.5) is 5.69 Å². The third-order valence-corrected chi connectivity index (χ3v) is 7.33. The zero-order valence-corrected chi connectivity index (χ0v) is 16.5. The molecule has 0 bridgehead atoms. The fourth-order valence-corrected chi connectivity index (χ4v) is 4.18. The average molecular weight is 446 g/mol. The van der Waals surface area contributed by atoms with Gasteiger partial charge in [0.2, 0.25) is 4.21 Å². The molecule has 1 aromatic rings. The van der Waals surface area contributed by atoms with Crippen LogP contribution in [-0.4, -0.2) is 23.8 Å². The second-order valence-electron chi connectivity index (χ2n) is 4.65. The highest BCUT2D eigenvalue weighted by molar-refractivity contribution is 7.94. The van der Waals surface area contributed by atoms with Crippen LogP contribution in [0.3, 0.4) is 0 Å². The number of nitro groups is 1. The Labute approximate surface area is 164 Å². The molecule has 1 aliphatic heterocycles. The summed E-state index contributed by atoms with van der Waals surface area (Å²) in [6.45, 7) is 3.47. The molecular weight excluding hydrogens is 434 g/mol. The second kappa shape index (κ2) is 8.42. The highest BCUT2D eigenvalue weighted by atomic mass is 35.5. The Kier molecular flexibility index (Phi) is 7.34. The molecule has 0 saturated carbocycles. The monoisotopic (exact) mass is 444 g/mol. The molecule has 1 aliphatic rings. The smallest absolute Gasteiger partial charge is 0.276 e. The number of hydrogen-bond acceptors (Lipinski definition) is 5. The zero-order chi connectivity index (χ0) is 19.4. The van der Waals surface area contributed by atoms with Gasteiger partial charge >= 0.3 is 0 Å². The number of para-hydroxylation sites is 1. The number of nitrogens with one attached hydrogen (secondary N) is 1. The van der Waals surface area contributed by atoms with Crippen LogP contribution in [0.2, 0.25) is 0 Å². The molecule has 0 saturated heterocycles. The van der Waals surface area contributed by atoms with Crippen LogP contribution in [0.15, 0.2) is 52.3 Å². The largest absolute Gasteiger partial charge is 0.350 e. The van der Waals surface area contributed by atoms with Crippen molar-refractivity contribution in [2.45, 2.75) is 4.21 Å². The van der Waals surface area contributed by atoms with Gasteiger partial charge in [-0.05, 0) is 6.07 Å². The van der Waals surface area contributed by atoms with Gasteiger partial charge in [-0.1, -0.05) is 71.2 Å². The highest BCUT2D eigenvalue weighted by Gasteiger charge is 2.48. The van der Waals surface area contributed by atoms with E-state index in [4.69, 9.17) is 46.4 Å². The minimum absolute atomic E-state index is 0.0588. The van der Waals surface area contributed by atoms with E-state index in [0.29, 0.717) is 5.56 Å². The Hall–Kier alpha value is -1.25. The highest BCUT2D eigenvalue weighted by Crippen LogP contribution is 2.45. The van der Waals surface area contributed by atoms with E-state index in [1.807, 2.05) is 0 Å². The average Bonchev–Trinajstić information content (AvgIpc) is 2.55. The molecule has 6 nitrogen and oxygen atoms in total. The van der Waals surface area contributed by atoms with Crippen molar-refractivity contribution in [2.24, 2.45) is 0 Å². The lowest BCUT2D eigenvalue weighted by molar-refractivity contribution is -0.385. The number of rotatable bonds is 3. The summed E-state index contributed by atoms with van der Waals surface area (Å²) in [6.07, 6.45) is 3.58. The minimum atomic E-state index is -3.71. The molecule has 0 aliphatic carbocycles. The lowest BCUT2D eigenvalue weighted by atomic mass is 10.2. The number of dihydropyridines is 1. The molecule has 11 heteroatoms. The zero-order valence-electron chi connectivity index (χ0n) is 12.7. The summed E-state index contributed by atoms with van der Waals surface area (Å²) < 4.78 is 20.9. The van der Waals surface area contributed by atoms with Gasteiger partial charge in [-0.3, -0.25) is 10.1 Å². The summed E-state index contributed by atoms with van der Waals surface area (Å²) in [4.78, 5) is 9.92. The number of benzene rings is 1. The Bertz CT molecular complexity index is 867. The Morgan fingerprint density at radius 2 is 1.84 bits per heavy atom. The number of sulfone groups is 1. The maximum Gasteiger partial charge on any atom is 0.276 e. The Balaban J connectivity index is 0.000000257. The Morgan fingerprint density at radius 3 is 2.24 bits per heavy atom. The predicted molar refractivity (Wildman–Crippen MR) is 102 cm³/mol. The molecule has 0 aromatic heterocycles. The first-order valence-electron chi connectivity index (χ1n) is 6.39. The molecule has 136 valence electrons.